The van der Waals surface area contributed by atoms with E-state index < -0.39 is 134 Å². The van der Waals surface area contributed by atoms with Crippen LogP contribution in [-0.2, 0) is 102 Å². The molecule has 522 valence electrons. The van der Waals surface area contributed by atoms with Gasteiger partial charge >= 0.3 is 23.9 Å². The number of hydrogen-bond acceptors (Lipinski definition) is 21. The minimum Gasteiger partial charge on any atom is -0.497 e. The molecule has 3 aliphatic heterocycles. The molecule has 0 aliphatic carbocycles. The Balaban J connectivity index is 1.13. The van der Waals surface area contributed by atoms with Gasteiger partial charge in [0.1, 0.15) is 78.1 Å². The number of methoxy groups -OCH3 is 2. The van der Waals surface area contributed by atoms with Gasteiger partial charge in [-0.15, -0.1) is 0 Å². The van der Waals surface area contributed by atoms with Gasteiger partial charge in [-0.05, 0) is 118 Å². The van der Waals surface area contributed by atoms with Crippen LogP contribution in [0.4, 0.5) is 0 Å². The molecule has 15 atom stereocenters. The quantitative estimate of drug-likeness (QED) is 0.0145. The number of nitrogens with zero attached hydrogens (tertiary/aromatic N) is 3. The van der Waals surface area contributed by atoms with Crippen molar-refractivity contribution in [2.75, 3.05) is 20.8 Å². The number of azide groups is 1. The Labute approximate surface area is 575 Å². The molecular weight excluding hydrogens is 1270 g/mol. The maximum atomic E-state index is 15.1. The first-order valence-corrected chi connectivity index (χ1v) is 32.6. The molecule has 0 amide bonds. The number of carbonyl (C=O) groups is 4. The first-order valence-electron chi connectivity index (χ1n) is 32.6. The Morgan fingerprint density at radius 1 is 0.424 bits per heavy atom. The number of benzene rings is 7. The second-order valence-electron chi connectivity index (χ2n) is 25.6. The van der Waals surface area contributed by atoms with Crippen molar-refractivity contribution in [2.45, 2.75) is 171 Å². The molecule has 3 saturated heterocycles. The van der Waals surface area contributed by atoms with E-state index in [2.05, 4.69) is 10.0 Å². The van der Waals surface area contributed by atoms with Gasteiger partial charge in [0.25, 0.3) is 0 Å². The predicted octanol–water partition coefficient (Wildman–Crippen LogP) is 11.8. The number of ether oxygens (including phenoxy) is 16. The second kappa shape index (κ2) is 34.6. The van der Waals surface area contributed by atoms with Crippen LogP contribution in [-0.4, -0.2) is 148 Å². The summed E-state index contributed by atoms with van der Waals surface area (Å²) in [6.07, 6.45) is -22.2. The van der Waals surface area contributed by atoms with Gasteiger partial charge in [-0.1, -0.05) is 163 Å². The summed E-state index contributed by atoms with van der Waals surface area (Å²) in [5.74, 6) is -2.60. The van der Waals surface area contributed by atoms with Crippen molar-refractivity contribution in [3.63, 3.8) is 0 Å². The summed E-state index contributed by atoms with van der Waals surface area (Å²) in [6, 6.07) is 58.1. The van der Waals surface area contributed by atoms with Gasteiger partial charge in [-0.2, -0.15) is 0 Å². The van der Waals surface area contributed by atoms with Crippen molar-refractivity contribution in [1.29, 1.82) is 0 Å². The zero-order chi connectivity index (χ0) is 69.9. The van der Waals surface area contributed by atoms with E-state index >= 15 is 4.79 Å². The van der Waals surface area contributed by atoms with E-state index in [1.165, 1.54) is 14.2 Å². The van der Waals surface area contributed by atoms with Crippen LogP contribution in [0.2, 0.25) is 0 Å². The standard InChI is InChI=1S/C76H83N3O20/c1-75(2,3)98-70(82)64-60(88-44-49-29-17-10-18-30-49)61(89-45-50-31-19-11-20-32-50)67(93-69(81)53-37-25-14-26-38-53)74(97-64)94-58-56(47-86-55-41-39-54(84-7)40-42-55)91-72(57(78-79-77)59(58)87-43-48-27-15-9-16-28-48)95-63-62(90-46-51-33-21-12-22-34-51)66(92-68(80)52-35-23-13-24-36-52)73(85-8)96-65(63)71(83)99-76(4,5)6/h9-42,56-67,72-74H,43-47H2,1-8H3/t56-,57-,58-,59-,60+,61+,62+,63+,64-,65-,66-,67-,72-,73-,74-/m1/s1. The smallest absolute Gasteiger partial charge is 0.338 e. The average Bonchev–Trinajstić information content (AvgIpc) is 0.765. The fourth-order valence-corrected chi connectivity index (χ4v) is 11.4. The predicted molar refractivity (Wildman–Crippen MR) is 357 cm³/mol. The molecule has 7 aromatic carbocycles. The van der Waals surface area contributed by atoms with Crippen LogP contribution in [0, 0.1) is 0 Å². The maximum absolute atomic E-state index is 15.1. The van der Waals surface area contributed by atoms with Gasteiger partial charge in [0.15, 0.2) is 43.3 Å². The number of esters is 4. The summed E-state index contributed by atoms with van der Waals surface area (Å²) < 4.78 is 106. The number of hydrogen-bond donors (Lipinski definition) is 0. The van der Waals surface area contributed by atoms with Crippen LogP contribution in [0.1, 0.15) is 84.5 Å². The molecule has 0 aromatic heterocycles. The van der Waals surface area contributed by atoms with E-state index in [4.69, 9.17) is 75.8 Å². The molecule has 0 spiro atoms. The lowest BCUT2D eigenvalue weighted by atomic mass is 9.94. The van der Waals surface area contributed by atoms with Crippen molar-refractivity contribution < 1.29 is 95.0 Å². The summed E-state index contributed by atoms with van der Waals surface area (Å²) in [5.41, 5.74) is 11.8. The molecule has 3 aliphatic rings. The lowest BCUT2D eigenvalue weighted by Crippen LogP contribution is -2.68. The summed E-state index contributed by atoms with van der Waals surface area (Å²) in [7, 11) is 2.84. The molecular formula is C76H83N3O20. The van der Waals surface area contributed by atoms with E-state index in [1.54, 1.807) is 126 Å². The first kappa shape index (κ1) is 72.7. The van der Waals surface area contributed by atoms with Gasteiger partial charge in [0, 0.05) is 12.0 Å². The van der Waals surface area contributed by atoms with Crippen molar-refractivity contribution in [2.24, 2.45) is 5.11 Å². The fourth-order valence-electron chi connectivity index (χ4n) is 11.4. The molecule has 7 aromatic rings. The van der Waals surface area contributed by atoms with Gasteiger partial charge in [-0.25, -0.2) is 19.2 Å². The van der Waals surface area contributed by atoms with Crippen LogP contribution in [0.15, 0.2) is 211 Å². The molecule has 3 heterocycles. The van der Waals surface area contributed by atoms with E-state index in [1.807, 2.05) is 121 Å². The molecule has 10 rings (SSSR count). The fraction of sp³-hybridized carbons (Fsp3) is 0.395. The third-order valence-corrected chi connectivity index (χ3v) is 16.0. The number of carbonyl (C=O) groups excluding carboxylic acids is 4. The van der Waals surface area contributed by atoms with Crippen LogP contribution >= 0.6 is 0 Å². The topological polar surface area (TPSA) is 265 Å². The van der Waals surface area contributed by atoms with Crippen molar-refractivity contribution in [1.82, 2.24) is 0 Å². The van der Waals surface area contributed by atoms with Crippen molar-refractivity contribution >= 4 is 23.9 Å². The van der Waals surface area contributed by atoms with Gasteiger partial charge < -0.3 is 75.8 Å². The molecule has 0 unspecified atom stereocenters. The van der Waals surface area contributed by atoms with Crippen molar-refractivity contribution in [3.8, 4) is 11.5 Å². The Bertz CT molecular complexity index is 3720. The molecule has 3 fully saturated rings. The normalized spacial score (nSPS) is 25.4. The Morgan fingerprint density at radius 2 is 0.798 bits per heavy atom. The number of rotatable bonds is 28. The molecule has 0 radical (unpaired) electrons. The van der Waals surface area contributed by atoms with E-state index in [0.29, 0.717) is 28.2 Å². The summed E-state index contributed by atoms with van der Waals surface area (Å²) in [5, 5.41) is 4.38. The molecule has 99 heavy (non-hydrogen) atoms. The second-order valence-corrected chi connectivity index (χ2v) is 25.6. The third-order valence-electron chi connectivity index (χ3n) is 16.0. The van der Waals surface area contributed by atoms with Crippen LogP contribution in [0.5, 0.6) is 11.5 Å². The lowest BCUT2D eigenvalue weighted by Gasteiger charge is -2.50. The minimum atomic E-state index is -1.85. The Hall–Kier alpha value is -9.07. The van der Waals surface area contributed by atoms with E-state index in [0.717, 1.165) is 5.56 Å². The highest BCUT2D eigenvalue weighted by atomic mass is 16.8. The summed E-state index contributed by atoms with van der Waals surface area (Å²) in [6.45, 7) is 9.20. The highest BCUT2D eigenvalue weighted by Gasteiger charge is 2.60. The lowest BCUT2D eigenvalue weighted by molar-refractivity contribution is -0.367. The van der Waals surface area contributed by atoms with Gasteiger partial charge in [0.2, 0.25) is 0 Å². The molecule has 23 heteroatoms. The van der Waals surface area contributed by atoms with Crippen LogP contribution < -0.4 is 9.47 Å². The molecule has 0 N–H and O–H groups in total. The zero-order valence-electron chi connectivity index (χ0n) is 56.3. The average molecular weight is 1360 g/mol. The highest BCUT2D eigenvalue weighted by Crippen LogP contribution is 2.40. The maximum Gasteiger partial charge on any atom is 0.338 e. The molecule has 23 nitrogen and oxygen atoms in total. The molecule has 0 bridgehead atoms. The van der Waals surface area contributed by atoms with Gasteiger partial charge in [0.05, 0.1) is 44.7 Å². The Kier molecular flexibility index (Phi) is 25.4. The Morgan fingerprint density at radius 3 is 1.22 bits per heavy atom. The monoisotopic (exact) mass is 1360 g/mol. The first-order chi connectivity index (χ1) is 47.8. The molecule has 0 saturated carbocycles. The summed E-state index contributed by atoms with van der Waals surface area (Å²) >= 11 is 0. The van der Waals surface area contributed by atoms with Gasteiger partial charge in [-0.3, -0.25) is 0 Å². The van der Waals surface area contributed by atoms with Crippen LogP contribution in [0.25, 0.3) is 10.4 Å². The SMILES string of the molecule is COc1ccc(OC[C@H]2O[C@H](O[C@H]3[C@H](OCc4ccccc4)[C@@H](OC(=O)c4ccccc4)[C@H](OC)O[C@H]3C(=O)OC(C)(C)C)[C@H](N=[N+]=[N-])[C@@H](OCc3ccccc3)[C@@H]2O[C@@H]2O[C@@H](C(=O)OC(C)(C)C)[C@@H](OCc3ccccc3)[C@H](OCc3ccccc3)[C@H]2OC(=O)c2ccccc2)cc1. The third kappa shape index (κ3) is 20.1. The van der Waals surface area contributed by atoms with Crippen molar-refractivity contribution in [3.05, 3.63) is 250 Å². The van der Waals surface area contributed by atoms with E-state index in [-0.39, 0.29) is 37.6 Å². The zero-order valence-corrected chi connectivity index (χ0v) is 56.3. The highest BCUT2D eigenvalue weighted by molar-refractivity contribution is 5.90. The minimum absolute atomic E-state index is 0.0720. The summed E-state index contributed by atoms with van der Waals surface area (Å²) in [4.78, 5) is 62.6. The van der Waals surface area contributed by atoms with E-state index in [9.17, 15) is 19.9 Å². The van der Waals surface area contributed by atoms with Crippen LogP contribution in [0.3, 0.4) is 0 Å². The largest absolute Gasteiger partial charge is 0.497 e.